The number of alkyl carbamates (subject to hydrolysis) is 1. The van der Waals surface area contributed by atoms with Gasteiger partial charge in [0.15, 0.2) is 11.6 Å². The minimum absolute atomic E-state index is 0.00652. The van der Waals surface area contributed by atoms with Crippen LogP contribution in [0.2, 0.25) is 5.02 Å². The Bertz CT molecular complexity index is 1090. The van der Waals surface area contributed by atoms with Crippen LogP contribution < -0.4 is 10.6 Å². The molecule has 3 rings (SSSR count). The molecule has 0 heterocycles. The summed E-state index contributed by atoms with van der Waals surface area (Å²) in [7, 11) is 0. The summed E-state index contributed by atoms with van der Waals surface area (Å²) in [4.78, 5) is 29.4. The Balaban J connectivity index is 1.67. The zero-order valence-electron chi connectivity index (χ0n) is 20.0. The summed E-state index contributed by atoms with van der Waals surface area (Å²) in [5.74, 6) is -2.07. The van der Waals surface area contributed by atoms with Crippen molar-refractivity contribution in [2.75, 3.05) is 0 Å². The summed E-state index contributed by atoms with van der Waals surface area (Å²) in [6.07, 6.45) is 3.22. The number of amides is 2. The summed E-state index contributed by atoms with van der Waals surface area (Å²) in [6, 6.07) is 9.92. The van der Waals surface area contributed by atoms with Crippen molar-refractivity contribution in [2.45, 2.75) is 64.5 Å². The van der Waals surface area contributed by atoms with Crippen LogP contribution in [0.25, 0.3) is 0 Å². The lowest BCUT2D eigenvalue weighted by molar-refractivity contribution is 0.0487. The molecule has 2 aromatic rings. The number of nitrogens with zero attached hydrogens (tertiary/aromatic N) is 1. The van der Waals surface area contributed by atoms with Crippen molar-refractivity contribution in [3.05, 3.63) is 64.7 Å². The number of carbonyl (C=O) groups excluding carboxylic acids is 2. The van der Waals surface area contributed by atoms with E-state index in [-0.39, 0.29) is 17.5 Å². The third kappa shape index (κ3) is 8.62. The van der Waals surface area contributed by atoms with Gasteiger partial charge in [0.05, 0.1) is 5.69 Å². The molecule has 2 aromatic carbocycles. The maximum Gasteiger partial charge on any atom is 0.407 e. The summed E-state index contributed by atoms with van der Waals surface area (Å²) < 4.78 is 32.2. The Kier molecular flexibility index (Phi) is 8.83. The maximum absolute atomic E-state index is 13.6. The molecule has 0 spiro atoms. The Hall–Kier alpha value is -3.00. The van der Waals surface area contributed by atoms with Gasteiger partial charge in [-0.05, 0) is 88.8 Å². The third-order valence-corrected chi connectivity index (χ3v) is 5.80. The average Bonchev–Trinajstić information content (AvgIpc) is 2.75. The molecule has 0 aromatic heterocycles. The van der Waals surface area contributed by atoms with Crippen molar-refractivity contribution < 1.29 is 23.1 Å². The standard InChI is InChI=1S/C26H30ClF2N3O3/c1-26(2,3)35-25(34)31-19-10-7-16(8-11-19)13-23(30-20-6-4-5-18(27)15-20)32-24(33)17-9-12-21(28)22(29)14-17/h4-6,9,12,14-16,19H,7-8,10-11,13H2,1-3H3,(H,31,34)(H,30,32,33). The highest BCUT2D eigenvalue weighted by atomic mass is 35.5. The third-order valence-electron chi connectivity index (χ3n) is 5.56. The van der Waals surface area contributed by atoms with Gasteiger partial charge in [0, 0.05) is 23.0 Å². The molecule has 1 aliphatic rings. The summed E-state index contributed by atoms with van der Waals surface area (Å²) in [6.45, 7) is 5.45. The van der Waals surface area contributed by atoms with Gasteiger partial charge in [0.1, 0.15) is 11.4 Å². The van der Waals surface area contributed by atoms with E-state index in [1.165, 1.54) is 6.07 Å². The molecular weight excluding hydrogens is 476 g/mol. The largest absolute Gasteiger partial charge is 0.444 e. The van der Waals surface area contributed by atoms with Crippen LogP contribution in [0.15, 0.2) is 47.5 Å². The van der Waals surface area contributed by atoms with Crippen LogP contribution in [0.4, 0.5) is 19.3 Å². The van der Waals surface area contributed by atoms with Crippen LogP contribution in [-0.2, 0) is 4.74 Å². The minimum Gasteiger partial charge on any atom is -0.444 e. The SMILES string of the molecule is CC(C)(C)OC(=O)NC1CCC(CC(=Nc2cccc(Cl)c2)NC(=O)c2ccc(F)c(F)c2)CC1. The first-order valence-electron chi connectivity index (χ1n) is 11.6. The second-order valence-electron chi connectivity index (χ2n) is 9.69. The highest BCUT2D eigenvalue weighted by Gasteiger charge is 2.26. The number of rotatable bonds is 5. The molecule has 1 aliphatic carbocycles. The number of benzene rings is 2. The lowest BCUT2D eigenvalue weighted by atomic mass is 9.84. The maximum atomic E-state index is 13.6. The quantitative estimate of drug-likeness (QED) is 0.357. The number of hydrogen-bond acceptors (Lipinski definition) is 4. The lowest BCUT2D eigenvalue weighted by Crippen LogP contribution is -2.41. The highest BCUT2D eigenvalue weighted by Crippen LogP contribution is 2.28. The first-order chi connectivity index (χ1) is 16.5. The Morgan fingerprint density at radius 2 is 1.77 bits per heavy atom. The Morgan fingerprint density at radius 3 is 2.40 bits per heavy atom. The molecule has 6 nitrogen and oxygen atoms in total. The highest BCUT2D eigenvalue weighted by molar-refractivity contribution is 6.30. The second kappa shape index (κ2) is 11.6. The first kappa shape index (κ1) is 26.6. The van der Waals surface area contributed by atoms with Gasteiger partial charge in [-0.2, -0.15) is 0 Å². The number of amidine groups is 1. The molecule has 35 heavy (non-hydrogen) atoms. The van der Waals surface area contributed by atoms with Gasteiger partial charge in [-0.15, -0.1) is 0 Å². The van der Waals surface area contributed by atoms with E-state index in [4.69, 9.17) is 16.3 Å². The van der Waals surface area contributed by atoms with Crippen molar-refractivity contribution in [3.8, 4) is 0 Å². The van der Waals surface area contributed by atoms with E-state index < -0.39 is 29.2 Å². The smallest absolute Gasteiger partial charge is 0.407 e. The Labute approximate surface area is 209 Å². The first-order valence-corrected chi connectivity index (χ1v) is 12.0. The number of ether oxygens (including phenoxy) is 1. The second-order valence-corrected chi connectivity index (χ2v) is 10.1. The molecule has 1 saturated carbocycles. The summed E-state index contributed by atoms with van der Waals surface area (Å²) in [5.41, 5.74) is 0.00450. The van der Waals surface area contributed by atoms with E-state index in [9.17, 15) is 18.4 Å². The fraction of sp³-hybridized carbons (Fsp3) is 0.423. The van der Waals surface area contributed by atoms with Crippen LogP contribution >= 0.6 is 11.6 Å². The number of nitrogens with one attached hydrogen (secondary N) is 2. The molecule has 0 unspecified atom stereocenters. The molecule has 9 heteroatoms. The van der Waals surface area contributed by atoms with Crippen molar-refractivity contribution in [2.24, 2.45) is 10.9 Å². The van der Waals surface area contributed by atoms with Crippen molar-refractivity contribution in [1.29, 1.82) is 0 Å². The van der Waals surface area contributed by atoms with Gasteiger partial charge in [-0.1, -0.05) is 17.7 Å². The van der Waals surface area contributed by atoms with Gasteiger partial charge < -0.3 is 15.4 Å². The number of carbonyl (C=O) groups is 2. The average molecular weight is 506 g/mol. The lowest BCUT2D eigenvalue weighted by Gasteiger charge is -2.30. The molecule has 188 valence electrons. The van der Waals surface area contributed by atoms with Crippen LogP contribution in [0.1, 0.15) is 63.2 Å². The predicted molar refractivity (Wildman–Crippen MR) is 132 cm³/mol. The van der Waals surface area contributed by atoms with Crippen LogP contribution in [0.3, 0.4) is 0 Å². The van der Waals surface area contributed by atoms with Crippen molar-refractivity contribution in [1.82, 2.24) is 10.6 Å². The molecule has 0 radical (unpaired) electrons. The van der Waals surface area contributed by atoms with E-state index in [0.29, 0.717) is 23.0 Å². The van der Waals surface area contributed by atoms with Crippen LogP contribution in [-0.4, -0.2) is 29.5 Å². The van der Waals surface area contributed by atoms with Gasteiger partial charge in [0.2, 0.25) is 0 Å². The summed E-state index contributed by atoms with van der Waals surface area (Å²) in [5, 5.41) is 6.18. The normalized spacial score (nSPS) is 18.6. The number of aliphatic imine (C=N–C) groups is 1. The molecule has 0 aliphatic heterocycles. The van der Waals surface area contributed by atoms with E-state index >= 15 is 0 Å². The topological polar surface area (TPSA) is 79.8 Å². The fourth-order valence-corrected chi connectivity index (χ4v) is 4.11. The van der Waals surface area contributed by atoms with Crippen molar-refractivity contribution in [3.63, 3.8) is 0 Å². The van der Waals surface area contributed by atoms with E-state index in [0.717, 1.165) is 37.8 Å². The van der Waals surface area contributed by atoms with Crippen LogP contribution in [0.5, 0.6) is 0 Å². The van der Waals surface area contributed by atoms with E-state index in [1.54, 1.807) is 24.3 Å². The van der Waals surface area contributed by atoms with E-state index in [1.807, 2.05) is 20.8 Å². The zero-order valence-corrected chi connectivity index (χ0v) is 20.8. The van der Waals surface area contributed by atoms with Gasteiger partial charge in [-0.3, -0.25) is 4.79 Å². The number of halogens is 3. The zero-order chi connectivity index (χ0) is 25.6. The number of hydrogen-bond donors (Lipinski definition) is 2. The fourth-order valence-electron chi connectivity index (χ4n) is 3.93. The van der Waals surface area contributed by atoms with Gasteiger partial charge in [-0.25, -0.2) is 18.6 Å². The molecule has 0 saturated heterocycles. The van der Waals surface area contributed by atoms with Gasteiger partial charge >= 0.3 is 6.09 Å². The summed E-state index contributed by atoms with van der Waals surface area (Å²) >= 11 is 6.07. The predicted octanol–water partition coefficient (Wildman–Crippen LogP) is 6.55. The molecule has 2 N–H and O–H groups in total. The molecule has 0 atom stereocenters. The molecule has 0 bridgehead atoms. The Morgan fingerprint density at radius 1 is 1.06 bits per heavy atom. The van der Waals surface area contributed by atoms with Crippen LogP contribution in [0, 0.1) is 17.6 Å². The van der Waals surface area contributed by atoms with E-state index in [2.05, 4.69) is 15.6 Å². The minimum atomic E-state index is -1.10. The molecule has 1 fully saturated rings. The van der Waals surface area contributed by atoms with Gasteiger partial charge in [0.25, 0.3) is 5.91 Å². The molecular formula is C26H30ClF2N3O3. The van der Waals surface area contributed by atoms with Crippen molar-refractivity contribution >= 4 is 35.1 Å². The molecule has 2 amide bonds. The monoisotopic (exact) mass is 505 g/mol.